The minimum absolute atomic E-state index is 0.772. The van der Waals surface area contributed by atoms with E-state index in [1.165, 1.54) is 84.2 Å². The molecule has 0 amide bonds. The summed E-state index contributed by atoms with van der Waals surface area (Å²) in [7, 11) is 0. The van der Waals surface area contributed by atoms with Gasteiger partial charge < -0.3 is 15.1 Å². The summed E-state index contributed by atoms with van der Waals surface area (Å²) < 4.78 is 0. The number of rotatable bonds is 7. The van der Waals surface area contributed by atoms with Crippen LogP contribution in [-0.2, 0) is 0 Å². The van der Waals surface area contributed by atoms with Gasteiger partial charge in [0.05, 0.1) is 0 Å². The number of nitrogens with zero attached hydrogens (tertiary/aromatic N) is 2. The van der Waals surface area contributed by atoms with E-state index in [0.29, 0.717) is 0 Å². The SMILES string of the molecule is CC(CCNC1CC1)N1CCC(CN2CCCC2)CC1. The number of piperidine rings is 1. The molecule has 2 heterocycles. The molecule has 3 aliphatic rings. The number of hydrogen-bond acceptors (Lipinski definition) is 3. The molecule has 3 heteroatoms. The summed E-state index contributed by atoms with van der Waals surface area (Å²) in [4.78, 5) is 5.43. The molecular formula is C17H33N3. The Labute approximate surface area is 125 Å². The summed E-state index contributed by atoms with van der Waals surface area (Å²) in [5.41, 5.74) is 0. The van der Waals surface area contributed by atoms with Gasteiger partial charge in [0, 0.05) is 18.6 Å². The first-order valence-electron chi connectivity index (χ1n) is 9.01. The molecule has 0 radical (unpaired) electrons. The van der Waals surface area contributed by atoms with E-state index in [9.17, 15) is 0 Å². The van der Waals surface area contributed by atoms with Gasteiger partial charge >= 0.3 is 0 Å². The van der Waals surface area contributed by atoms with Crippen molar-refractivity contribution >= 4 is 0 Å². The van der Waals surface area contributed by atoms with Gasteiger partial charge in [-0.15, -0.1) is 0 Å². The largest absolute Gasteiger partial charge is 0.314 e. The highest BCUT2D eigenvalue weighted by molar-refractivity contribution is 4.83. The fraction of sp³-hybridized carbons (Fsp3) is 1.00. The van der Waals surface area contributed by atoms with E-state index in [4.69, 9.17) is 0 Å². The van der Waals surface area contributed by atoms with Crippen LogP contribution in [-0.4, -0.2) is 61.2 Å². The molecule has 0 aromatic rings. The first-order chi connectivity index (χ1) is 9.81. The zero-order valence-electron chi connectivity index (χ0n) is 13.3. The van der Waals surface area contributed by atoms with Crippen molar-refractivity contribution in [3.05, 3.63) is 0 Å². The van der Waals surface area contributed by atoms with Crippen molar-refractivity contribution in [2.45, 2.75) is 64.0 Å². The van der Waals surface area contributed by atoms with Crippen molar-refractivity contribution in [3.8, 4) is 0 Å². The second-order valence-electron chi connectivity index (χ2n) is 7.35. The molecule has 1 atom stereocenters. The summed E-state index contributed by atoms with van der Waals surface area (Å²) in [6.07, 6.45) is 9.88. The predicted octanol–water partition coefficient (Wildman–Crippen LogP) is 2.32. The van der Waals surface area contributed by atoms with Crippen LogP contribution in [0.2, 0.25) is 0 Å². The number of nitrogens with one attached hydrogen (secondary N) is 1. The molecule has 3 fully saturated rings. The third-order valence-electron chi connectivity index (χ3n) is 5.56. The van der Waals surface area contributed by atoms with Gasteiger partial charge in [0.1, 0.15) is 0 Å². The van der Waals surface area contributed by atoms with Crippen LogP contribution in [0.1, 0.15) is 51.9 Å². The van der Waals surface area contributed by atoms with E-state index < -0.39 is 0 Å². The van der Waals surface area contributed by atoms with Crippen LogP contribution in [0.5, 0.6) is 0 Å². The van der Waals surface area contributed by atoms with E-state index in [1.54, 1.807) is 0 Å². The van der Waals surface area contributed by atoms with Crippen molar-refractivity contribution in [3.63, 3.8) is 0 Å². The van der Waals surface area contributed by atoms with Gasteiger partial charge in [-0.05, 0) is 90.5 Å². The van der Waals surface area contributed by atoms with Gasteiger partial charge in [-0.2, -0.15) is 0 Å². The Morgan fingerprint density at radius 1 is 1.00 bits per heavy atom. The molecule has 20 heavy (non-hydrogen) atoms. The topological polar surface area (TPSA) is 18.5 Å². The molecule has 2 aliphatic heterocycles. The summed E-state index contributed by atoms with van der Waals surface area (Å²) in [6, 6.07) is 1.64. The van der Waals surface area contributed by atoms with Gasteiger partial charge in [0.25, 0.3) is 0 Å². The van der Waals surface area contributed by atoms with Gasteiger partial charge in [-0.25, -0.2) is 0 Å². The van der Waals surface area contributed by atoms with Gasteiger partial charge in [0.2, 0.25) is 0 Å². The Kier molecular flexibility index (Phi) is 5.36. The molecule has 0 aromatic heterocycles. The normalized spacial score (nSPS) is 28.1. The molecule has 0 aromatic carbocycles. The van der Waals surface area contributed by atoms with Crippen LogP contribution in [0.25, 0.3) is 0 Å². The Morgan fingerprint density at radius 3 is 2.35 bits per heavy atom. The van der Waals surface area contributed by atoms with Crippen LogP contribution < -0.4 is 5.32 Å². The number of hydrogen-bond donors (Lipinski definition) is 1. The minimum Gasteiger partial charge on any atom is -0.314 e. The highest BCUT2D eigenvalue weighted by Crippen LogP contribution is 2.23. The number of likely N-dealkylation sites (tertiary alicyclic amines) is 2. The molecule has 116 valence electrons. The van der Waals surface area contributed by atoms with Crippen molar-refractivity contribution in [2.24, 2.45) is 5.92 Å². The van der Waals surface area contributed by atoms with E-state index in [2.05, 4.69) is 22.0 Å². The Balaban J connectivity index is 1.30. The van der Waals surface area contributed by atoms with E-state index in [0.717, 1.165) is 18.0 Å². The van der Waals surface area contributed by atoms with Crippen LogP contribution in [0.15, 0.2) is 0 Å². The molecule has 3 nitrogen and oxygen atoms in total. The average Bonchev–Trinajstić information content (AvgIpc) is 3.15. The predicted molar refractivity (Wildman–Crippen MR) is 85.1 cm³/mol. The van der Waals surface area contributed by atoms with Gasteiger partial charge in [0.15, 0.2) is 0 Å². The van der Waals surface area contributed by atoms with Crippen molar-refractivity contribution in [1.29, 1.82) is 0 Å². The molecule has 2 saturated heterocycles. The summed E-state index contributed by atoms with van der Waals surface area (Å²) in [5.74, 6) is 0.973. The first-order valence-corrected chi connectivity index (χ1v) is 9.01. The summed E-state index contributed by atoms with van der Waals surface area (Å²) in [6.45, 7) is 10.4. The Morgan fingerprint density at radius 2 is 1.70 bits per heavy atom. The molecule has 1 N–H and O–H groups in total. The maximum absolute atomic E-state index is 3.65. The second kappa shape index (κ2) is 7.24. The molecular weight excluding hydrogens is 246 g/mol. The van der Waals surface area contributed by atoms with Crippen LogP contribution in [0.4, 0.5) is 0 Å². The molecule has 0 spiro atoms. The van der Waals surface area contributed by atoms with E-state index in [-0.39, 0.29) is 0 Å². The molecule has 1 saturated carbocycles. The molecule has 1 unspecified atom stereocenters. The van der Waals surface area contributed by atoms with Crippen molar-refractivity contribution in [2.75, 3.05) is 39.3 Å². The van der Waals surface area contributed by atoms with Gasteiger partial charge in [-0.3, -0.25) is 0 Å². The van der Waals surface area contributed by atoms with Crippen LogP contribution in [0, 0.1) is 5.92 Å². The maximum atomic E-state index is 3.65. The van der Waals surface area contributed by atoms with Crippen LogP contribution >= 0.6 is 0 Å². The lowest BCUT2D eigenvalue weighted by Crippen LogP contribution is -2.43. The van der Waals surface area contributed by atoms with Crippen molar-refractivity contribution in [1.82, 2.24) is 15.1 Å². The highest BCUT2D eigenvalue weighted by atomic mass is 15.2. The summed E-state index contributed by atoms with van der Waals surface area (Å²) in [5, 5.41) is 3.65. The molecule has 1 aliphatic carbocycles. The fourth-order valence-corrected chi connectivity index (χ4v) is 3.87. The monoisotopic (exact) mass is 279 g/mol. The lowest BCUT2D eigenvalue weighted by molar-refractivity contribution is 0.118. The van der Waals surface area contributed by atoms with Crippen LogP contribution in [0.3, 0.4) is 0 Å². The Bertz CT molecular complexity index is 276. The maximum Gasteiger partial charge on any atom is 0.00790 e. The standard InChI is InChI=1S/C17H33N3/c1-15(6-9-18-17-4-5-17)20-12-7-16(8-13-20)14-19-10-2-3-11-19/h15-18H,2-14H2,1H3. The smallest absolute Gasteiger partial charge is 0.00790 e. The third-order valence-corrected chi connectivity index (χ3v) is 5.56. The second-order valence-corrected chi connectivity index (χ2v) is 7.35. The van der Waals surface area contributed by atoms with Crippen molar-refractivity contribution < 1.29 is 0 Å². The third kappa shape index (κ3) is 4.44. The zero-order chi connectivity index (χ0) is 13.8. The fourth-order valence-electron chi connectivity index (χ4n) is 3.87. The molecule has 0 bridgehead atoms. The van der Waals surface area contributed by atoms with E-state index >= 15 is 0 Å². The zero-order valence-corrected chi connectivity index (χ0v) is 13.3. The first kappa shape index (κ1) is 14.8. The van der Waals surface area contributed by atoms with E-state index in [1.807, 2.05) is 0 Å². The van der Waals surface area contributed by atoms with Gasteiger partial charge in [-0.1, -0.05) is 0 Å². The quantitative estimate of drug-likeness (QED) is 0.771. The molecule has 3 rings (SSSR count). The average molecular weight is 279 g/mol. The lowest BCUT2D eigenvalue weighted by atomic mass is 9.95. The highest BCUT2D eigenvalue weighted by Gasteiger charge is 2.25. The Hall–Kier alpha value is -0.120. The lowest BCUT2D eigenvalue weighted by Gasteiger charge is -2.37. The summed E-state index contributed by atoms with van der Waals surface area (Å²) >= 11 is 0. The minimum atomic E-state index is 0.772.